The molecule has 25 heavy (non-hydrogen) atoms. The zero-order valence-corrected chi connectivity index (χ0v) is 14.9. The number of hydrogen-bond donors (Lipinski definition) is 1. The average molecular weight is 344 g/mol. The van der Waals surface area contributed by atoms with Gasteiger partial charge < -0.3 is 14.4 Å². The van der Waals surface area contributed by atoms with Crippen molar-refractivity contribution in [1.29, 1.82) is 0 Å². The standard InChI is InChI=1S/C18H24N4O3/c1-4-12-11-19-21-16(12)13-7-9-22(10-8-13)18(23)14-5-6-15(24-2)20-17(14)25-3/h5-6,11,13H,4,7-10H2,1-3H3,(H,19,21). The number of H-pyrrole nitrogens is 1. The molecule has 1 aliphatic heterocycles. The molecule has 0 unspecified atom stereocenters. The lowest BCUT2D eigenvalue weighted by atomic mass is 9.90. The van der Waals surface area contributed by atoms with Crippen LogP contribution in [0.15, 0.2) is 18.3 Å². The van der Waals surface area contributed by atoms with Crippen LogP contribution < -0.4 is 9.47 Å². The zero-order valence-electron chi connectivity index (χ0n) is 14.9. The number of ether oxygens (including phenoxy) is 2. The number of amides is 1. The summed E-state index contributed by atoms with van der Waals surface area (Å²) >= 11 is 0. The van der Waals surface area contributed by atoms with Gasteiger partial charge in [-0.25, -0.2) is 0 Å². The van der Waals surface area contributed by atoms with Gasteiger partial charge in [-0.15, -0.1) is 0 Å². The number of pyridine rings is 1. The second kappa shape index (κ2) is 7.55. The highest BCUT2D eigenvalue weighted by atomic mass is 16.5. The van der Waals surface area contributed by atoms with Crippen molar-refractivity contribution in [2.45, 2.75) is 32.1 Å². The number of carbonyl (C=O) groups is 1. The van der Waals surface area contributed by atoms with Crippen molar-refractivity contribution >= 4 is 5.91 Å². The maximum absolute atomic E-state index is 12.8. The highest BCUT2D eigenvalue weighted by molar-refractivity contribution is 5.96. The Morgan fingerprint density at radius 1 is 1.28 bits per heavy atom. The maximum Gasteiger partial charge on any atom is 0.259 e. The Morgan fingerprint density at radius 3 is 2.68 bits per heavy atom. The molecule has 0 aliphatic carbocycles. The van der Waals surface area contributed by atoms with Gasteiger partial charge in [0.2, 0.25) is 11.8 Å². The van der Waals surface area contributed by atoms with E-state index >= 15 is 0 Å². The summed E-state index contributed by atoms with van der Waals surface area (Å²) in [6.45, 7) is 3.55. The Morgan fingerprint density at radius 2 is 2.04 bits per heavy atom. The molecule has 1 amide bonds. The van der Waals surface area contributed by atoms with Crippen LogP contribution in [-0.2, 0) is 6.42 Å². The Labute approximate surface area is 147 Å². The van der Waals surface area contributed by atoms with Crippen LogP contribution in [0.25, 0.3) is 0 Å². The summed E-state index contributed by atoms with van der Waals surface area (Å²) in [4.78, 5) is 18.9. The summed E-state index contributed by atoms with van der Waals surface area (Å²) in [5.41, 5.74) is 2.96. The molecular weight excluding hydrogens is 320 g/mol. The molecule has 2 aromatic heterocycles. The number of nitrogens with one attached hydrogen (secondary N) is 1. The van der Waals surface area contributed by atoms with Crippen LogP contribution in [0.2, 0.25) is 0 Å². The molecule has 1 fully saturated rings. The van der Waals surface area contributed by atoms with Gasteiger partial charge in [-0.1, -0.05) is 6.92 Å². The summed E-state index contributed by atoms with van der Waals surface area (Å²) in [6, 6.07) is 3.39. The van der Waals surface area contributed by atoms with Gasteiger partial charge in [0.1, 0.15) is 5.56 Å². The number of rotatable bonds is 5. The normalized spacial score (nSPS) is 15.2. The van der Waals surface area contributed by atoms with Crippen LogP contribution >= 0.6 is 0 Å². The number of likely N-dealkylation sites (tertiary alicyclic amines) is 1. The van der Waals surface area contributed by atoms with E-state index in [9.17, 15) is 4.79 Å². The van der Waals surface area contributed by atoms with Crippen molar-refractivity contribution < 1.29 is 14.3 Å². The lowest BCUT2D eigenvalue weighted by Gasteiger charge is -2.32. The maximum atomic E-state index is 12.8. The third-order valence-corrected chi connectivity index (χ3v) is 4.79. The van der Waals surface area contributed by atoms with Crippen molar-refractivity contribution in [2.75, 3.05) is 27.3 Å². The first kappa shape index (κ1) is 17.3. The van der Waals surface area contributed by atoms with Gasteiger partial charge in [0, 0.05) is 30.8 Å². The first-order chi connectivity index (χ1) is 12.2. The molecular formula is C18H24N4O3. The van der Waals surface area contributed by atoms with Crippen molar-refractivity contribution in [1.82, 2.24) is 20.1 Å². The molecule has 1 saturated heterocycles. The van der Waals surface area contributed by atoms with E-state index in [1.165, 1.54) is 25.5 Å². The minimum Gasteiger partial charge on any atom is -0.481 e. The number of hydrogen-bond acceptors (Lipinski definition) is 5. The van der Waals surface area contributed by atoms with E-state index in [2.05, 4.69) is 22.1 Å². The van der Waals surface area contributed by atoms with Crippen molar-refractivity contribution in [2.24, 2.45) is 0 Å². The summed E-state index contributed by atoms with van der Waals surface area (Å²) in [5.74, 6) is 1.11. The van der Waals surface area contributed by atoms with Gasteiger partial charge in [-0.05, 0) is 30.9 Å². The average Bonchev–Trinajstić information content (AvgIpc) is 3.15. The predicted molar refractivity (Wildman–Crippen MR) is 93.2 cm³/mol. The second-order valence-electron chi connectivity index (χ2n) is 6.14. The molecule has 0 spiro atoms. The van der Waals surface area contributed by atoms with E-state index in [0.29, 0.717) is 36.3 Å². The van der Waals surface area contributed by atoms with Crippen LogP contribution in [-0.4, -0.2) is 53.3 Å². The van der Waals surface area contributed by atoms with Gasteiger partial charge in [0.05, 0.1) is 20.4 Å². The molecule has 0 radical (unpaired) electrons. The molecule has 3 heterocycles. The van der Waals surface area contributed by atoms with Crippen molar-refractivity contribution in [3.8, 4) is 11.8 Å². The lowest BCUT2D eigenvalue weighted by Crippen LogP contribution is -2.38. The summed E-state index contributed by atoms with van der Waals surface area (Å²) < 4.78 is 10.3. The number of aromatic amines is 1. The molecule has 7 heteroatoms. The molecule has 1 aliphatic rings. The molecule has 3 rings (SSSR count). The van der Waals surface area contributed by atoms with Crippen LogP contribution in [0.1, 0.15) is 47.3 Å². The van der Waals surface area contributed by atoms with E-state index in [1.807, 2.05) is 11.1 Å². The fourth-order valence-corrected chi connectivity index (χ4v) is 3.35. The molecule has 2 aromatic rings. The fraction of sp³-hybridized carbons (Fsp3) is 0.500. The highest BCUT2D eigenvalue weighted by Crippen LogP contribution is 2.30. The van der Waals surface area contributed by atoms with E-state index < -0.39 is 0 Å². The Kier molecular flexibility index (Phi) is 5.21. The predicted octanol–water partition coefficient (Wildman–Crippen LogP) is 2.40. The first-order valence-corrected chi connectivity index (χ1v) is 8.58. The van der Waals surface area contributed by atoms with Crippen LogP contribution in [0.5, 0.6) is 11.8 Å². The van der Waals surface area contributed by atoms with Crippen LogP contribution in [0.4, 0.5) is 0 Å². The minimum atomic E-state index is -0.0502. The molecule has 0 atom stereocenters. The quantitative estimate of drug-likeness (QED) is 0.901. The number of aryl methyl sites for hydroxylation is 1. The number of nitrogens with zero attached hydrogens (tertiary/aromatic N) is 3. The van der Waals surface area contributed by atoms with E-state index in [4.69, 9.17) is 9.47 Å². The largest absolute Gasteiger partial charge is 0.481 e. The summed E-state index contributed by atoms with van der Waals surface area (Å²) in [7, 11) is 3.05. The lowest BCUT2D eigenvalue weighted by molar-refractivity contribution is 0.0707. The molecule has 0 saturated carbocycles. The number of methoxy groups -OCH3 is 2. The van der Waals surface area contributed by atoms with Gasteiger partial charge in [-0.2, -0.15) is 10.1 Å². The van der Waals surface area contributed by atoms with Crippen molar-refractivity contribution in [3.05, 3.63) is 35.2 Å². The summed E-state index contributed by atoms with van der Waals surface area (Å²) in [6.07, 6.45) is 4.72. The third-order valence-electron chi connectivity index (χ3n) is 4.79. The SMILES string of the molecule is CCc1cn[nH]c1C1CCN(C(=O)c2ccc(OC)nc2OC)CC1. The van der Waals surface area contributed by atoms with Gasteiger partial charge in [-0.3, -0.25) is 9.89 Å². The molecule has 134 valence electrons. The van der Waals surface area contributed by atoms with E-state index in [-0.39, 0.29) is 5.91 Å². The van der Waals surface area contributed by atoms with Crippen molar-refractivity contribution in [3.63, 3.8) is 0 Å². The third kappa shape index (κ3) is 3.45. The topological polar surface area (TPSA) is 80.3 Å². The Bertz CT molecular complexity index is 736. The number of aromatic nitrogens is 3. The zero-order chi connectivity index (χ0) is 17.8. The van der Waals surface area contributed by atoms with Crippen LogP contribution in [0.3, 0.4) is 0 Å². The monoisotopic (exact) mass is 344 g/mol. The van der Waals surface area contributed by atoms with Gasteiger partial charge in [0.15, 0.2) is 0 Å². The van der Waals surface area contributed by atoms with Gasteiger partial charge >= 0.3 is 0 Å². The summed E-state index contributed by atoms with van der Waals surface area (Å²) in [5, 5.41) is 7.30. The Hall–Kier alpha value is -2.57. The first-order valence-electron chi connectivity index (χ1n) is 8.58. The molecule has 0 aromatic carbocycles. The molecule has 0 bridgehead atoms. The number of carbonyl (C=O) groups excluding carboxylic acids is 1. The van der Waals surface area contributed by atoms with E-state index in [1.54, 1.807) is 12.1 Å². The van der Waals surface area contributed by atoms with E-state index in [0.717, 1.165) is 19.3 Å². The fourth-order valence-electron chi connectivity index (χ4n) is 3.35. The second-order valence-corrected chi connectivity index (χ2v) is 6.14. The Balaban J connectivity index is 1.70. The van der Waals surface area contributed by atoms with Crippen LogP contribution in [0, 0.1) is 0 Å². The highest BCUT2D eigenvalue weighted by Gasteiger charge is 2.28. The van der Waals surface area contributed by atoms with Gasteiger partial charge in [0.25, 0.3) is 5.91 Å². The number of piperidine rings is 1. The molecule has 7 nitrogen and oxygen atoms in total. The smallest absolute Gasteiger partial charge is 0.259 e. The minimum absolute atomic E-state index is 0.0502. The molecule has 1 N–H and O–H groups in total.